The van der Waals surface area contributed by atoms with E-state index in [9.17, 15) is 0 Å². The molecule has 0 N–H and O–H groups in total. The van der Waals surface area contributed by atoms with Crippen molar-refractivity contribution in [3.05, 3.63) is 126 Å². The van der Waals surface area contributed by atoms with E-state index in [1.165, 1.54) is 71.3 Å². The lowest BCUT2D eigenvalue weighted by Crippen LogP contribution is -2.15. The number of hydrogen-bond acceptors (Lipinski definition) is 0. The van der Waals surface area contributed by atoms with Crippen LogP contribution in [-0.4, -0.2) is 4.57 Å². The number of hydrogen-bond donors (Lipinski definition) is 0. The van der Waals surface area contributed by atoms with Crippen molar-refractivity contribution in [2.45, 2.75) is 19.3 Å². The summed E-state index contributed by atoms with van der Waals surface area (Å²) >= 11 is 0. The molecule has 0 amide bonds. The minimum absolute atomic E-state index is 0.0489. The van der Waals surface area contributed by atoms with Crippen LogP contribution in [0.15, 0.2) is 115 Å². The molecule has 0 atom stereocenters. The van der Waals surface area contributed by atoms with E-state index in [4.69, 9.17) is 0 Å². The smallest absolute Gasteiger partial charge is 0.0547 e. The Morgan fingerprint density at radius 2 is 1.19 bits per heavy atom. The Morgan fingerprint density at radius 1 is 0.500 bits per heavy atom. The zero-order valence-corrected chi connectivity index (χ0v) is 20.4. The molecule has 8 rings (SSSR count). The Hall–Kier alpha value is -4.36. The topological polar surface area (TPSA) is 4.93 Å². The molecule has 1 aliphatic carbocycles. The summed E-state index contributed by atoms with van der Waals surface area (Å²) in [4.78, 5) is 0. The summed E-state index contributed by atoms with van der Waals surface area (Å²) in [6.45, 7) is 4.77. The molecule has 1 aliphatic rings. The Labute approximate surface area is 210 Å². The van der Waals surface area contributed by atoms with Gasteiger partial charge in [0.05, 0.1) is 11.0 Å². The van der Waals surface area contributed by atoms with Gasteiger partial charge in [0.2, 0.25) is 0 Å². The second kappa shape index (κ2) is 6.86. The predicted octanol–water partition coefficient (Wildman–Crippen LogP) is 9.40. The van der Waals surface area contributed by atoms with Crippen molar-refractivity contribution in [1.29, 1.82) is 0 Å². The highest BCUT2D eigenvalue weighted by atomic mass is 15.0. The molecule has 1 aromatic heterocycles. The number of rotatable bonds is 1. The first-order valence-corrected chi connectivity index (χ1v) is 12.7. The molecule has 1 heteroatoms. The molecule has 0 fully saturated rings. The van der Waals surface area contributed by atoms with Crippen molar-refractivity contribution in [2.75, 3.05) is 0 Å². The van der Waals surface area contributed by atoms with E-state index < -0.39 is 0 Å². The predicted molar refractivity (Wildman–Crippen MR) is 153 cm³/mol. The first-order valence-electron chi connectivity index (χ1n) is 12.7. The van der Waals surface area contributed by atoms with Crippen molar-refractivity contribution in [3.63, 3.8) is 0 Å². The first-order chi connectivity index (χ1) is 17.6. The Balaban J connectivity index is 1.56. The van der Waals surface area contributed by atoms with E-state index >= 15 is 0 Å². The zero-order valence-electron chi connectivity index (χ0n) is 20.4. The molecular weight excluding hydrogens is 434 g/mol. The quantitative estimate of drug-likeness (QED) is 0.215. The number of nitrogens with zero attached hydrogens (tertiary/aromatic N) is 1. The van der Waals surface area contributed by atoms with E-state index in [0.29, 0.717) is 0 Å². The molecule has 0 spiro atoms. The van der Waals surface area contributed by atoms with Crippen LogP contribution in [0.1, 0.15) is 25.0 Å². The van der Waals surface area contributed by atoms with Gasteiger partial charge in [-0.05, 0) is 68.1 Å². The molecule has 0 aliphatic heterocycles. The highest BCUT2D eigenvalue weighted by Gasteiger charge is 2.37. The Morgan fingerprint density at radius 3 is 2.08 bits per heavy atom. The molecule has 170 valence electrons. The summed E-state index contributed by atoms with van der Waals surface area (Å²) in [6, 6.07) is 42.5. The third-order valence-electron chi connectivity index (χ3n) is 8.35. The normalized spacial score (nSPS) is 14.1. The molecule has 0 saturated carbocycles. The second-order valence-corrected chi connectivity index (χ2v) is 10.6. The number of aromatic nitrogens is 1. The van der Waals surface area contributed by atoms with Gasteiger partial charge in [-0.2, -0.15) is 0 Å². The molecular formula is C35H25N. The van der Waals surface area contributed by atoms with Gasteiger partial charge >= 0.3 is 0 Å². The lowest BCUT2D eigenvalue weighted by molar-refractivity contribution is 0.666. The van der Waals surface area contributed by atoms with Crippen LogP contribution in [0.5, 0.6) is 0 Å². The minimum atomic E-state index is -0.0489. The first kappa shape index (κ1) is 19.9. The molecule has 1 nitrogen and oxygen atoms in total. The fourth-order valence-electron chi connectivity index (χ4n) is 6.83. The van der Waals surface area contributed by atoms with Gasteiger partial charge < -0.3 is 4.57 Å². The molecule has 6 aromatic carbocycles. The van der Waals surface area contributed by atoms with E-state index in [2.05, 4.69) is 134 Å². The maximum atomic E-state index is 2.41. The highest BCUT2D eigenvalue weighted by Crippen LogP contribution is 2.52. The van der Waals surface area contributed by atoms with E-state index in [-0.39, 0.29) is 5.41 Å². The largest absolute Gasteiger partial charge is 0.309 e. The van der Waals surface area contributed by atoms with Gasteiger partial charge in [-0.15, -0.1) is 0 Å². The summed E-state index contributed by atoms with van der Waals surface area (Å²) in [5.74, 6) is 0. The SMILES string of the molecule is CC1(C)c2ccccc2-c2ccc3ccc4c(ccc5c4c4ccccc4n5-c4ccccc4)c3c21. The summed E-state index contributed by atoms with van der Waals surface area (Å²) in [5, 5.41) is 8.01. The van der Waals surface area contributed by atoms with Crippen molar-refractivity contribution in [2.24, 2.45) is 0 Å². The summed E-state index contributed by atoms with van der Waals surface area (Å²) in [6.07, 6.45) is 0. The van der Waals surface area contributed by atoms with Gasteiger partial charge in [0, 0.05) is 21.9 Å². The molecule has 7 aromatic rings. The fraction of sp³-hybridized carbons (Fsp3) is 0.0857. The van der Waals surface area contributed by atoms with Crippen LogP contribution in [0.3, 0.4) is 0 Å². The molecule has 0 unspecified atom stereocenters. The van der Waals surface area contributed by atoms with Crippen LogP contribution in [0.25, 0.3) is 60.2 Å². The maximum absolute atomic E-state index is 2.41. The van der Waals surface area contributed by atoms with Gasteiger partial charge in [-0.3, -0.25) is 0 Å². The van der Waals surface area contributed by atoms with Crippen LogP contribution < -0.4 is 0 Å². The number of fused-ring (bicyclic) bond motifs is 11. The monoisotopic (exact) mass is 459 g/mol. The fourth-order valence-corrected chi connectivity index (χ4v) is 6.83. The van der Waals surface area contributed by atoms with Crippen molar-refractivity contribution < 1.29 is 0 Å². The van der Waals surface area contributed by atoms with Gasteiger partial charge in [0.15, 0.2) is 0 Å². The Bertz CT molecular complexity index is 2000. The summed E-state index contributed by atoms with van der Waals surface area (Å²) in [7, 11) is 0. The molecule has 1 heterocycles. The van der Waals surface area contributed by atoms with Crippen molar-refractivity contribution in [1.82, 2.24) is 4.57 Å². The summed E-state index contributed by atoms with van der Waals surface area (Å²) in [5.41, 5.74) is 9.28. The Kier molecular flexibility index (Phi) is 3.79. The molecule has 0 bridgehead atoms. The number of para-hydroxylation sites is 2. The average molecular weight is 460 g/mol. The van der Waals surface area contributed by atoms with E-state index in [1.54, 1.807) is 0 Å². The van der Waals surface area contributed by atoms with Gasteiger partial charge in [0.1, 0.15) is 0 Å². The standard InChI is InChI=1S/C35H25N/c1-35(2)29-14-8-6-12-24(29)27-19-17-22-16-18-26-25(32(22)34(27)35)20-21-31-33(26)28-13-7-9-15-30(28)36(31)23-10-4-3-5-11-23/h3-21H,1-2H3. The maximum Gasteiger partial charge on any atom is 0.0547 e. The third kappa shape index (κ3) is 2.40. The van der Waals surface area contributed by atoms with Crippen molar-refractivity contribution in [3.8, 4) is 16.8 Å². The van der Waals surface area contributed by atoms with Crippen LogP contribution in [0.2, 0.25) is 0 Å². The third-order valence-corrected chi connectivity index (χ3v) is 8.35. The van der Waals surface area contributed by atoms with Crippen LogP contribution >= 0.6 is 0 Å². The zero-order chi connectivity index (χ0) is 24.0. The van der Waals surface area contributed by atoms with Crippen molar-refractivity contribution >= 4 is 43.4 Å². The van der Waals surface area contributed by atoms with Gasteiger partial charge in [-0.25, -0.2) is 0 Å². The van der Waals surface area contributed by atoms with Crippen LogP contribution in [0, 0.1) is 0 Å². The van der Waals surface area contributed by atoms with Crippen LogP contribution in [-0.2, 0) is 5.41 Å². The summed E-state index contributed by atoms with van der Waals surface area (Å²) < 4.78 is 2.41. The molecule has 0 saturated heterocycles. The lowest BCUT2D eigenvalue weighted by Gasteiger charge is -2.24. The highest BCUT2D eigenvalue weighted by molar-refractivity contribution is 6.26. The average Bonchev–Trinajstić information content (AvgIpc) is 3.38. The van der Waals surface area contributed by atoms with Gasteiger partial charge in [0.25, 0.3) is 0 Å². The molecule has 0 radical (unpaired) electrons. The molecule has 36 heavy (non-hydrogen) atoms. The lowest BCUT2D eigenvalue weighted by atomic mass is 9.79. The van der Waals surface area contributed by atoms with Gasteiger partial charge in [-0.1, -0.05) is 105 Å². The second-order valence-electron chi connectivity index (χ2n) is 10.6. The van der Waals surface area contributed by atoms with E-state index in [0.717, 1.165) is 0 Å². The van der Waals surface area contributed by atoms with E-state index in [1.807, 2.05) is 0 Å². The van der Waals surface area contributed by atoms with Crippen LogP contribution in [0.4, 0.5) is 0 Å². The minimum Gasteiger partial charge on any atom is -0.309 e. The number of benzene rings is 6.